The van der Waals surface area contributed by atoms with Crippen LogP contribution < -0.4 is 10.5 Å². The summed E-state index contributed by atoms with van der Waals surface area (Å²) < 4.78 is 10.4. The summed E-state index contributed by atoms with van der Waals surface area (Å²) >= 11 is 0. The Hall–Kier alpha value is -1.06. The van der Waals surface area contributed by atoms with E-state index in [0.29, 0.717) is 6.61 Å². The maximum atomic E-state index is 6.32. The van der Waals surface area contributed by atoms with Crippen molar-refractivity contribution in [3.63, 3.8) is 0 Å². The highest BCUT2D eigenvalue weighted by atomic mass is 16.5. The molecule has 3 heteroatoms. The number of methoxy groups -OCH3 is 2. The lowest BCUT2D eigenvalue weighted by atomic mass is 9.94. The Balaban J connectivity index is 2.39. The minimum absolute atomic E-state index is 0.335. The molecular formula is C12H17NO2. The van der Waals surface area contributed by atoms with Crippen molar-refractivity contribution in [2.45, 2.75) is 18.4 Å². The lowest BCUT2D eigenvalue weighted by molar-refractivity contribution is 0.132. The Labute approximate surface area is 90.2 Å². The number of hydrogen-bond acceptors (Lipinski definition) is 3. The quantitative estimate of drug-likeness (QED) is 0.815. The predicted molar refractivity (Wildman–Crippen MR) is 59.1 cm³/mol. The number of benzene rings is 1. The Kier molecular flexibility index (Phi) is 2.67. The molecule has 1 atom stereocenters. The molecule has 1 unspecified atom stereocenters. The molecule has 0 bridgehead atoms. The summed E-state index contributed by atoms with van der Waals surface area (Å²) in [7, 11) is 3.36. The first-order chi connectivity index (χ1) is 7.19. The van der Waals surface area contributed by atoms with Gasteiger partial charge in [0, 0.05) is 7.11 Å². The van der Waals surface area contributed by atoms with E-state index in [1.165, 1.54) is 11.1 Å². The van der Waals surface area contributed by atoms with Crippen LogP contribution in [0.15, 0.2) is 18.2 Å². The molecule has 2 N–H and O–H groups in total. The average molecular weight is 207 g/mol. The fourth-order valence-electron chi connectivity index (χ4n) is 2.26. The van der Waals surface area contributed by atoms with E-state index in [9.17, 15) is 0 Å². The van der Waals surface area contributed by atoms with Crippen LogP contribution in [0.1, 0.15) is 17.5 Å². The fraction of sp³-hybridized carbons (Fsp3) is 0.500. The molecular weight excluding hydrogens is 190 g/mol. The van der Waals surface area contributed by atoms with Gasteiger partial charge < -0.3 is 15.2 Å². The van der Waals surface area contributed by atoms with Gasteiger partial charge in [-0.1, -0.05) is 6.07 Å². The molecule has 1 aromatic rings. The highest BCUT2D eigenvalue weighted by Gasteiger charge is 2.35. The van der Waals surface area contributed by atoms with Crippen molar-refractivity contribution in [3.8, 4) is 5.75 Å². The molecule has 0 saturated heterocycles. The van der Waals surface area contributed by atoms with Gasteiger partial charge in [0.25, 0.3) is 0 Å². The second kappa shape index (κ2) is 3.83. The van der Waals surface area contributed by atoms with Gasteiger partial charge in [0.15, 0.2) is 0 Å². The van der Waals surface area contributed by atoms with Crippen LogP contribution in [0.4, 0.5) is 0 Å². The fourth-order valence-corrected chi connectivity index (χ4v) is 2.26. The highest BCUT2D eigenvalue weighted by Crippen LogP contribution is 2.37. The van der Waals surface area contributed by atoms with Crippen LogP contribution in [0, 0.1) is 0 Å². The summed E-state index contributed by atoms with van der Waals surface area (Å²) in [6, 6.07) is 6.11. The van der Waals surface area contributed by atoms with Crippen molar-refractivity contribution < 1.29 is 9.47 Å². The van der Waals surface area contributed by atoms with Crippen LogP contribution >= 0.6 is 0 Å². The number of aryl methyl sites for hydroxylation is 1. The zero-order valence-electron chi connectivity index (χ0n) is 9.25. The number of rotatable bonds is 3. The van der Waals surface area contributed by atoms with Gasteiger partial charge in [0.05, 0.1) is 19.3 Å². The third kappa shape index (κ3) is 1.73. The number of hydrogen-bond donors (Lipinski definition) is 1. The largest absolute Gasteiger partial charge is 0.497 e. The summed E-state index contributed by atoms with van der Waals surface area (Å²) in [5.41, 5.74) is 8.47. The van der Waals surface area contributed by atoms with Crippen LogP contribution in [0.25, 0.3) is 0 Å². The lowest BCUT2D eigenvalue weighted by Crippen LogP contribution is -2.38. The third-order valence-electron chi connectivity index (χ3n) is 3.10. The normalized spacial score (nSPS) is 23.9. The van der Waals surface area contributed by atoms with E-state index in [1.54, 1.807) is 14.2 Å². The molecule has 1 aromatic carbocycles. The van der Waals surface area contributed by atoms with E-state index in [2.05, 4.69) is 6.07 Å². The standard InChI is InChI=1S/C12H17NO2/c1-14-8-12(13)6-5-9-3-4-10(15-2)7-11(9)12/h3-4,7H,5-6,8,13H2,1-2H3. The predicted octanol–water partition coefficient (Wildman–Crippen LogP) is 1.44. The molecule has 15 heavy (non-hydrogen) atoms. The SMILES string of the molecule is COCC1(N)CCc2ccc(OC)cc21. The zero-order chi connectivity index (χ0) is 10.9. The van der Waals surface area contributed by atoms with Gasteiger partial charge in [-0.25, -0.2) is 0 Å². The molecule has 82 valence electrons. The van der Waals surface area contributed by atoms with Crippen LogP contribution in [-0.4, -0.2) is 20.8 Å². The molecule has 0 fully saturated rings. The zero-order valence-corrected chi connectivity index (χ0v) is 9.25. The van der Waals surface area contributed by atoms with Crippen LogP contribution in [0.5, 0.6) is 5.75 Å². The first-order valence-corrected chi connectivity index (χ1v) is 5.15. The van der Waals surface area contributed by atoms with E-state index in [4.69, 9.17) is 15.2 Å². The summed E-state index contributed by atoms with van der Waals surface area (Å²) in [6.45, 7) is 0.563. The van der Waals surface area contributed by atoms with E-state index in [0.717, 1.165) is 18.6 Å². The van der Waals surface area contributed by atoms with Gasteiger partial charge >= 0.3 is 0 Å². The molecule has 1 aliphatic rings. The maximum absolute atomic E-state index is 6.32. The molecule has 0 heterocycles. The molecule has 0 spiro atoms. The second-order valence-corrected chi connectivity index (χ2v) is 4.11. The highest BCUT2D eigenvalue weighted by molar-refractivity contribution is 5.43. The average Bonchev–Trinajstić information content (AvgIpc) is 2.57. The molecule has 0 amide bonds. The Morgan fingerprint density at radius 3 is 2.87 bits per heavy atom. The topological polar surface area (TPSA) is 44.5 Å². The van der Waals surface area contributed by atoms with Crippen molar-refractivity contribution in [2.24, 2.45) is 5.73 Å². The first kappa shape index (κ1) is 10.5. The summed E-state index contributed by atoms with van der Waals surface area (Å²) in [6.07, 6.45) is 1.97. The van der Waals surface area contributed by atoms with Gasteiger partial charge in [0.2, 0.25) is 0 Å². The van der Waals surface area contributed by atoms with Gasteiger partial charge in [0.1, 0.15) is 5.75 Å². The smallest absolute Gasteiger partial charge is 0.119 e. The van der Waals surface area contributed by atoms with Crippen molar-refractivity contribution in [2.75, 3.05) is 20.8 Å². The van der Waals surface area contributed by atoms with Gasteiger partial charge in [-0.3, -0.25) is 0 Å². The lowest BCUT2D eigenvalue weighted by Gasteiger charge is -2.24. The number of ether oxygens (including phenoxy) is 2. The Morgan fingerprint density at radius 1 is 1.40 bits per heavy atom. The summed E-state index contributed by atoms with van der Waals surface area (Å²) in [4.78, 5) is 0. The van der Waals surface area contributed by atoms with Gasteiger partial charge in [-0.2, -0.15) is 0 Å². The monoisotopic (exact) mass is 207 g/mol. The molecule has 2 rings (SSSR count). The van der Waals surface area contributed by atoms with Crippen LogP contribution in [0.2, 0.25) is 0 Å². The van der Waals surface area contributed by atoms with Crippen LogP contribution in [-0.2, 0) is 16.7 Å². The van der Waals surface area contributed by atoms with E-state index < -0.39 is 0 Å². The summed E-state index contributed by atoms with van der Waals surface area (Å²) in [5, 5.41) is 0. The van der Waals surface area contributed by atoms with Gasteiger partial charge in [-0.15, -0.1) is 0 Å². The number of nitrogens with two attached hydrogens (primary N) is 1. The third-order valence-corrected chi connectivity index (χ3v) is 3.10. The molecule has 0 radical (unpaired) electrons. The minimum Gasteiger partial charge on any atom is -0.497 e. The van der Waals surface area contributed by atoms with Crippen molar-refractivity contribution in [1.82, 2.24) is 0 Å². The second-order valence-electron chi connectivity index (χ2n) is 4.11. The van der Waals surface area contributed by atoms with Gasteiger partial charge in [-0.05, 0) is 36.1 Å². The van der Waals surface area contributed by atoms with Crippen molar-refractivity contribution in [3.05, 3.63) is 29.3 Å². The molecule has 0 aromatic heterocycles. The number of fused-ring (bicyclic) bond motifs is 1. The van der Waals surface area contributed by atoms with E-state index in [1.807, 2.05) is 12.1 Å². The molecule has 0 aliphatic heterocycles. The van der Waals surface area contributed by atoms with Crippen LogP contribution in [0.3, 0.4) is 0 Å². The Morgan fingerprint density at radius 2 is 2.20 bits per heavy atom. The Bertz CT molecular complexity index is 361. The summed E-state index contributed by atoms with van der Waals surface area (Å²) in [5.74, 6) is 0.863. The van der Waals surface area contributed by atoms with E-state index in [-0.39, 0.29) is 5.54 Å². The molecule has 3 nitrogen and oxygen atoms in total. The molecule has 0 saturated carbocycles. The van der Waals surface area contributed by atoms with Crippen molar-refractivity contribution >= 4 is 0 Å². The first-order valence-electron chi connectivity index (χ1n) is 5.15. The molecule has 1 aliphatic carbocycles. The van der Waals surface area contributed by atoms with E-state index >= 15 is 0 Å². The maximum Gasteiger partial charge on any atom is 0.119 e. The van der Waals surface area contributed by atoms with Crippen molar-refractivity contribution in [1.29, 1.82) is 0 Å². The minimum atomic E-state index is -0.335.